The molecule has 0 aliphatic rings. The first-order valence-electron chi connectivity index (χ1n) is 4.99. The summed E-state index contributed by atoms with van der Waals surface area (Å²) >= 11 is 0. The van der Waals surface area contributed by atoms with Crippen molar-refractivity contribution in [1.29, 1.82) is 0 Å². The van der Waals surface area contributed by atoms with Gasteiger partial charge in [0.1, 0.15) is 0 Å². The van der Waals surface area contributed by atoms with Crippen molar-refractivity contribution in [3.63, 3.8) is 0 Å². The van der Waals surface area contributed by atoms with Crippen LogP contribution in [0.4, 0.5) is 0 Å². The minimum atomic E-state index is -0.161. The highest BCUT2D eigenvalue weighted by molar-refractivity contribution is 5.74. The lowest BCUT2D eigenvalue weighted by Gasteiger charge is -2.14. The number of allylic oxidation sites excluding steroid dienone is 2. The Labute approximate surface area is 86.6 Å². The van der Waals surface area contributed by atoms with Crippen LogP contribution in [0.2, 0.25) is 0 Å². The van der Waals surface area contributed by atoms with Crippen LogP contribution in [0.1, 0.15) is 27.7 Å². The first-order chi connectivity index (χ1) is 6.49. The first-order valence-corrected chi connectivity index (χ1v) is 4.99. The van der Waals surface area contributed by atoms with Crippen molar-refractivity contribution in [2.75, 3.05) is 6.61 Å². The zero-order chi connectivity index (χ0) is 11.1. The quantitative estimate of drug-likeness (QED) is 0.499. The van der Waals surface area contributed by atoms with Crippen molar-refractivity contribution in [3.8, 4) is 0 Å². The van der Waals surface area contributed by atoms with Crippen molar-refractivity contribution in [2.45, 2.75) is 27.7 Å². The van der Waals surface area contributed by atoms with Gasteiger partial charge in [-0.25, -0.2) is 0 Å². The van der Waals surface area contributed by atoms with E-state index >= 15 is 0 Å². The molecule has 0 fully saturated rings. The van der Waals surface area contributed by atoms with Gasteiger partial charge in [0, 0.05) is 0 Å². The van der Waals surface area contributed by atoms with Gasteiger partial charge in [-0.05, 0) is 19.8 Å². The van der Waals surface area contributed by atoms with Gasteiger partial charge < -0.3 is 4.74 Å². The van der Waals surface area contributed by atoms with Gasteiger partial charge in [0.05, 0.1) is 12.5 Å². The molecule has 0 aliphatic heterocycles. The van der Waals surface area contributed by atoms with Gasteiger partial charge in [-0.3, -0.25) is 4.79 Å². The molecule has 0 aromatic heterocycles. The zero-order valence-electron chi connectivity index (χ0n) is 9.54. The summed E-state index contributed by atoms with van der Waals surface area (Å²) in [4.78, 5) is 11.5. The summed E-state index contributed by atoms with van der Waals surface area (Å²) in [5, 5.41) is 0. The van der Waals surface area contributed by atoms with E-state index in [4.69, 9.17) is 4.74 Å². The van der Waals surface area contributed by atoms with Gasteiger partial charge in [0.15, 0.2) is 0 Å². The van der Waals surface area contributed by atoms with E-state index in [1.807, 2.05) is 39.8 Å². The first kappa shape index (κ1) is 12.9. The average Bonchev–Trinajstić information content (AvgIpc) is 2.03. The van der Waals surface area contributed by atoms with Crippen molar-refractivity contribution in [2.24, 2.45) is 11.8 Å². The van der Waals surface area contributed by atoms with Crippen molar-refractivity contribution in [3.05, 3.63) is 24.3 Å². The molecule has 1 unspecified atom stereocenters. The highest BCUT2D eigenvalue weighted by Crippen LogP contribution is 2.15. The Balaban J connectivity index is 4.44. The number of esters is 1. The minimum Gasteiger partial charge on any atom is -0.466 e. The second kappa shape index (κ2) is 6.41. The summed E-state index contributed by atoms with van der Waals surface area (Å²) < 4.78 is 4.98. The van der Waals surface area contributed by atoms with E-state index in [1.54, 1.807) is 0 Å². The highest BCUT2D eigenvalue weighted by Gasteiger charge is 2.19. The van der Waals surface area contributed by atoms with E-state index in [9.17, 15) is 4.79 Å². The molecule has 0 saturated heterocycles. The number of hydrogen-bond acceptors (Lipinski definition) is 2. The number of carbonyl (C=O) groups is 1. The lowest BCUT2D eigenvalue weighted by molar-refractivity contribution is -0.147. The predicted molar refractivity (Wildman–Crippen MR) is 58.9 cm³/mol. The Bertz CT molecular complexity index is 226. The normalized spacial score (nSPS) is 13.2. The van der Waals surface area contributed by atoms with E-state index < -0.39 is 0 Å². The number of ether oxygens (including phenoxy) is 1. The second-order valence-electron chi connectivity index (χ2n) is 3.73. The molecular formula is C12H20O2. The molecule has 0 aromatic rings. The van der Waals surface area contributed by atoms with Crippen LogP contribution in [0.15, 0.2) is 24.3 Å². The van der Waals surface area contributed by atoms with Gasteiger partial charge >= 0.3 is 5.97 Å². The topological polar surface area (TPSA) is 26.3 Å². The Hall–Kier alpha value is -1.05. The molecule has 1 atom stereocenters. The minimum absolute atomic E-state index is 0.153. The van der Waals surface area contributed by atoms with Crippen LogP contribution in [0.5, 0.6) is 0 Å². The van der Waals surface area contributed by atoms with Crippen molar-refractivity contribution in [1.82, 2.24) is 0 Å². The molecule has 0 radical (unpaired) electrons. The van der Waals surface area contributed by atoms with Gasteiger partial charge in [-0.2, -0.15) is 0 Å². The fraction of sp³-hybridized carbons (Fsp3) is 0.583. The van der Waals surface area contributed by atoms with E-state index in [2.05, 4.69) is 6.58 Å². The third-order valence-corrected chi connectivity index (χ3v) is 1.87. The van der Waals surface area contributed by atoms with Crippen LogP contribution >= 0.6 is 0 Å². The van der Waals surface area contributed by atoms with Crippen molar-refractivity contribution < 1.29 is 9.53 Å². The predicted octanol–water partition coefficient (Wildman–Crippen LogP) is 2.95. The zero-order valence-corrected chi connectivity index (χ0v) is 9.54. The summed E-state index contributed by atoms with van der Waals surface area (Å²) in [6, 6.07) is 0. The highest BCUT2D eigenvalue weighted by atomic mass is 16.5. The lowest BCUT2D eigenvalue weighted by Crippen LogP contribution is -2.20. The number of hydrogen-bond donors (Lipinski definition) is 0. The largest absolute Gasteiger partial charge is 0.466 e. The average molecular weight is 196 g/mol. The molecule has 2 nitrogen and oxygen atoms in total. The molecule has 0 N–H and O–H groups in total. The van der Waals surface area contributed by atoms with Crippen LogP contribution in [-0.4, -0.2) is 12.6 Å². The molecule has 2 heteroatoms. The fourth-order valence-corrected chi connectivity index (χ4v) is 1.08. The maximum atomic E-state index is 11.5. The summed E-state index contributed by atoms with van der Waals surface area (Å²) in [6.07, 6.45) is 3.73. The molecule has 14 heavy (non-hydrogen) atoms. The Morgan fingerprint density at radius 2 is 2.07 bits per heavy atom. The van der Waals surface area contributed by atoms with E-state index in [1.165, 1.54) is 0 Å². The molecular weight excluding hydrogens is 176 g/mol. The Morgan fingerprint density at radius 1 is 1.50 bits per heavy atom. The van der Waals surface area contributed by atoms with Crippen LogP contribution in [0.25, 0.3) is 0 Å². The summed E-state index contributed by atoms with van der Waals surface area (Å²) in [7, 11) is 0. The molecule has 0 saturated carbocycles. The SMILES string of the molecule is C=C(C)/C=C\C(C(=O)OCC)C(C)C. The molecule has 0 aliphatic carbocycles. The summed E-state index contributed by atoms with van der Waals surface area (Å²) in [6.45, 7) is 11.9. The van der Waals surface area contributed by atoms with Crippen LogP contribution < -0.4 is 0 Å². The molecule has 0 spiro atoms. The molecule has 0 heterocycles. The maximum Gasteiger partial charge on any atom is 0.313 e. The van der Waals surface area contributed by atoms with Crippen LogP contribution in [0, 0.1) is 11.8 Å². The van der Waals surface area contributed by atoms with E-state index in [0.29, 0.717) is 6.61 Å². The van der Waals surface area contributed by atoms with Crippen molar-refractivity contribution >= 4 is 5.97 Å². The fourth-order valence-electron chi connectivity index (χ4n) is 1.08. The molecule has 0 amide bonds. The standard InChI is InChI=1S/C12H20O2/c1-6-14-12(13)11(10(4)5)8-7-9(2)3/h7-8,10-11H,2,6H2,1,3-5H3/b8-7-. The number of carbonyl (C=O) groups excluding carboxylic acids is 1. The smallest absolute Gasteiger partial charge is 0.313 e. The van der Waals surface area contributed by atoms with Crippen LogP contribution in [0.3, 0.4) is 0 Å². The van der Waals surface area contributed by atoms with Gasteiger partial charge in [0.2, 0.25) is 0 Å². The van der Waals surface area contributed by atoms with Crippen LogP contribution in [-0.2, 0) is 9.53 Å². The second-order valence-corrected chi connectivity index (χ2v) is 3.73. The Kier molecular flexibility index (Phi) is 5.93. The Morgan fingerprint density at radius 3 is 2.43 bits per heavy atom. The van der Waals surface area contributed by atoms with Gasteiger partial charge in [-0.15, -0.1) is 0 Å². The molecule has 80 valence electrons. The third-order valence-electron chi connectivity index (χ3n) is 1.87. The molecule has 0 aromatic carbocycles. The maximum absolute atomic E-state index is 11.5. The van der Waals surface area contributed by atoms with Gasteiger partial charge in [0.25, 0.3) is 0 Å². The lowest BCUT2D eigenvalue weighted by atomic mass is 9.95. The third kappa shape index (κ3) is 4.85. The van der Waals surface area contributed by atoms with E-state index in [0.717, 1.165) is 5.57 Å². The summed E-state index contributed by atoms with van der Waals surface area (Å²) in [5.41, 5.74) is 0.944. The summed E-state index contributed by atoms with van der Waals surface area (Å²) in [5.74, 6) is -0.0590. The number of rotatable bonds is 5. The monoisotopic (exact) mass is 196 g/mol. The van der Waals surface area contributed by atoms with Gasteiger partial charge in [-0.1, -0.05) is 38.2 Å². The van der Waals surface area contributed by atoms with E-state index in [-0.39, 0.29) is 17.8 Å². The molecule has 0 bridgehead atoms. The molecule has 0 rings (SSSR count).